The molecule has 3 aliphatic rings. The van der Waals surface area contributed by atoms with E-state index in [0.717, 1.165) is 12.0 Å². The highest BCUT2D eigenvalue weighted by molar-refractivity contribution is 5.89. The number of carbonyl (C=O) groups is 1. The first-order valence-corrected chi connectivity index (χ1v) is 7.69. The van der Waals surface area contributed by atoms with Crippen LogP contribution in [-0.2, 0) is 16.6 Å². The van der Waals surface area contributed by atoms with Gasteiger partial charge in [-0.15, -0.1) is 0 Å². The molecule has 0 spiro atoms. The smallest absolute Gasteiger partial charge is 0.174 e. The lowest BCUT2D eigenvalue weighted by Gasteiger charge is -2.52. The van der Waals surface area contributed by atoms with Crippen LogP contribution >= 0.6 is 0 Å². The fourth-order valence-corrected chi connectivity index (χ4v) is 4.81. The minimum Gasteiger partial charge on any atom is -0.493 e. The maximum absolute atomic E-state index is 12.5. The molecule has 2 aliphatic carbocycles. The number of aryl methyl sites for hydroxylation is 1. The second-order valence-electron chi connectivity index (χ2n) is 6.45. The molecule has 0 bridgehead atoms. The van der Waals surface area contributed by atoms with E-state index in [-0.39, 0.29) is 5.78 Å². The predicted octanol–water partition coefficient (Wildman–Crippen LogP) is 2.14. The summed E-state index contributed by atoms with van der Waals surface area (Å²) in [6, 6.07) is 3.96. The number of ether oxygens (including phenoxy) is 2. The Morgan fingerprint density at radius 2 is 2.14 bits per heavy atom. The quantitative estimate of drug-likeness (QED) is 0.906. The second-order valence-corrected chi connectivity index (χ2v) is 6.45. The SMILES string of the molecule is CC[C@]12c3c4ccc(OC)c3O[C@H]1C(=O)CC[C@@]2(O)CC4. The highest BCUT2D eigenvalue weighted by atomic mass is 16.5. The summed E-state index contributed by atoms with van der Waals surface area (Å²) in [6.45, 7) is 2.05. The maximum Gasteiger partial charge on any atom is 0.174 e. The van der Waals surface area contributed by atoms with Crippen LogP contribution in [0.1, 0.15) is 43.7 Å². The molecular weight excluding hydrogens is 268 g/mol. The minimum absolute atomic E-state index is 0.104. The van der Waals surface area contributed by atoms with Gasteiger partial charge in [0.1, 0.15) is 0 Å². The summed E-state index contributed by atoms with van der Waals surface area (Å²) in [4.78, 5) is 12.5. The van der Waals surface area contributed by atoms with E-state index in [1.165, 1.54) is 5.56 Å². The standard InChI is InChI=1S/C17H20O4/c1-3-17-13-10-4-5-12(20-2)14(13)21-15(17)11(18)7-9-16(17,19)8-6-10/h4-5,15,19H,3,6-9H2,1-2H3/t15-,16-,17-/m0/s1. The van der Waals surface area contributed by atoms with Gasteiger partial charge in [-0.3, -0.25) is 4.79 Å². The van der Waals surface area contributed by atoms with Gasteiger partial charge < -0.3 is 14.6 Å². The van der Waals surface area contributed by atoms with Crippen LogP contribution in [0, 0.1) is 0 Å². The van der Waals surface area contributed by atoms with Crippen molar-refractivity contribution in [1.29, 1.82) is 0 Å². The highest BCUT2D eigenvalue weighted by Gasteiger charge is 2.67. The number of hydrogen-bond acceptors (Lipinski definition) is 4. The number of Topliss-reactive ketones (excluding diaryl/α,β-unsaturated/α-hetero) is 1. The summed E-state index contributed by atoms with van der Waals surface area (Å²) in [5, 5.41) is 11.3. The summed E-state index contributed by atoms with van der Waals surface area (Å²) in [7, 11) is 1.61. The van der Waals surface area contributed by atoms with Crippen molar-refractivity contribution in [2.75, 3.05) is 7.11 Å². The summed E-state index contributed by atoms with van der Waals surface area (Å²) < 4.78 is 11.5. The molecule has 1 heterocycles. The first-order valence-electron chi connectivity index (χ1n) is 7.69. The van der Waals surface area contributed by atoms with Crippen LogP contribution in [0.3, 0.4) is 0 Å². The zero-order valence-corrected chi connectivity index (χ0v) is 12.4. The van der Waals surface area contributed by atoms with E-state index in [0.29, 0.717) is 37.2 Å². The average molecular weight is 288 g/mol. The fraction of sp³-hybridized carbons (Fsp3) is 0.588. The highest BCUT2D eigenvalue weighted by Crippen LogP contribution is 2.62. The Balaban J connectivity index is 2.05. The second kappa shape index (κ2) is 4.01. The zero-order chi connectivity index (χ0) is 14.8. The third-order valence-electron chi connectivity index (χ3n) is 5.83. The van der Waals surface area contributed by atoms with Crippen LogP contribution in [0.2, 0.25) is 0 Å². The molecule has 0 saturated heterocycles. The Bertz CT molecular complexity index is 638. The summed E-state index contributed by atoms with van der Waals surface area (Å²) in [5.41, 5.74) is 0.774. The molecule has 0 unspecified atom stereocenters. The van der Waals surface area contributed by atoms with Crippen molar-refractivity contribution in [1.82, 2.24) is 0 Å². The molecule has 1 N–H and O–H groups in total. The molecule has 0 radical (unpaired) electrons. The molecule has 3 atom stereocenters. The molecule has 1 saturated carbocycles. The lowest BCUT2D eigenvalue weighted by Crippen LogP contribution is -2.64. The van der Waals surface area contributed by atoms with Gasteiger partial charge in [-0.05, 0) is 37.3 Å². The lowest BCUT2D eigenvalue weighted by molar-refractivity contribution is -0.153. The van der Waals surface area contributed by atoms with Gasteiger partial charge in [0.2, 0.25) is 0 Å². The maximum atomic E-state index is 12.5. The average Bonchev–Trinajstić information content (AvgIpc) is 2.87. The largest absolute Gasteiger partial charge is 0.493 e. The number of benzene rings is 1. The van der Waals surface area contributed by atoms with E-state index in [1.807, 2.05) is 13.0 Å². The fourth-order valence-electron chi connectivity index (χ4n) is 4.81. The third-order valence-corrected chi connectivity index (χ3v) is 5.83. The van der Waals surface area contributed by atoms with Crippen LogP contribution in [0.25, 0.3) is 0 Å². The van der Waals surface area contributed by atoms with Gasteiger partial charge in [-0.25, -0.2) is 0 Å². The molecule has 4 rings (SSSR count). The van der Waals surface area contributed by atoms with Crippen molar-refractivity contribution in [3.8, 4) is 11.5 Å². The van der Waals surface area contributed by atoms with Crippen LogP contribution in [0.5, 0.6) is 11.5 Å². The van der Waals surface area contributed by atoms with Crippen LogP contribution in [0.15, 0.2) is 12.1 Å². The number of hydrogen-bond donors (Lipinski definition) is 1. The van der Waals surface area contributed by atoms with E-state index in [9.17, 15) is 9.90 Å². The van der Waals surface area contributed by atoms with E-state index < -0.39 is 17.1 Å². The molecule has 1 aromatic carbocycles. The van der Waals surface area contributed by atoms with Gasteiger partial charge in [-0.2, -0.15) is 0 Å². The zero-order valence-electron chi connectivity index (χ0n) is 12.4. The normalized spacial score (nSPS) is 36.1. The van der Waals surface area contributed by atoms with Gasteiger partial charge in [0.05, 0.1) is 18.1 Å². The monoisotopic (exact) mass is 288 g/mol. The van der Waals surface area contributed by atoms with E-state index in [4.69, 9.17) is 9.47 Å². The van der Waals surface area contributed by atoms with Gasteiger partial charge in [0.15, 0.2) is 23.4 Å². The number of ketones is 1. The van der Waals surface area contributed by atoms with Crippen molar-refractivity contribution >= 4 is 5.78 Å². The summed E-state index contributed by atoms with van der Waals surface area (Å²) >= 11 is 0. The molecule has 1 aromatic rings. The van der Waals surface area contributed by atoms with Crippen LogP contribution in [-0.4, -0.2) is 29.7 Å². The topological polar surface area (TPSA) is 55.8 Å². The Morgan fingerprint density at radius 3 is 2.86 bits per heavy atom. The Labute approximate surface area is 124 Å². The lowest BCUT2D eigenvalue weighted by atomic mass is 9.52. The van der Waals surface area contributed by atoms with E-state index >= 15 is 0 Å². The van der Waals surface area contributed by atoms with Crippen molar-refractivity contribution in [2.45, 2.75) is 56.1 Å². The van der Waals surface area contributed by atoms with Gasteiger partial charge in [0, 0.05) is 12.0 Å². The van der Waals surface area contributed by atoms with Crippen molar-refractivity contribution in [3.63, 3.8) is 0 Å². The van der Waals surface area contributed by atoms with Crippen LogP contribution < -0.4 is 9.47 Å². The molecule has 1 fully saturated rings. The molecule has 4 nitrogen and oxygen atoms in total. The Hall–Kier alpha value is -1.55. The van der Waals surface area contributed by atoms with Crippen molar-refractivity contribution in [3.05, 3.63) is 23.3 Å². The molecule has 0 aromatic heterocycles. The number of aliphatic hydroxyl groups is 1. The molecule has 1 aliphatic heterocycles. The molecule has 0 amide bonds. The van der Waals surface area contributed by atoms with Crippen LogP contribution in [0.4, 0.5) is 0 Å². The number of carbonyl (C=O) groups excluding carboxylic acids is 1. The summed E-state index contributed by atoms with van der Waals surface area (Å²) in [5.74, 6) is 1.44. The third kappa shape index (κ3) is 1.32. The van der Waals surface area contributed by atoms with Crippen molar-refractivity contribution in [2.24, 2.45) is 0 Å². The van der Waals surface area contributed by atoms with Gasteiger partial charge in [-0.1, -0.05) is 13.0 Å². The molecule has 21 heavy (non-hydrogen) atoms. The molecule has 112 valence electrons. The predicted molar refractivity (Wildman–Crippen MR) is 76.9 cm³/mol. The van der Waals surface area contributed by atoms with E-state index in [1.54, 1.807) is 7.11 Å². The molecule has 4 heteroatoms. The Kier molecular flexibility index (Phi) is 2.51. The summed E-state index contributed by atoms with van der Waals surface area (Å²) in [6.07, 6.45) is 2.60. The van der Waals surface area contributed by atoms with E-state index in [2.05, 4.69) is 6.07 Å². The number of methoxy groups -OCH3 is 1. The minimum atomic E-state index is -0.842. The first kappa shape index (κ1) is 13.1. The number of rotatable bonds is 2. The van der Waals surface area contributed by atoms with Gasteiger partial charge in [0.25, 0.3) is 0 Å². The Morgan fingerprint density at radius 1 is 1.38 bits per heavy atom. The van der Waals surface area contributed by atoms with Gasteiger partial charge >= 0.3 is 0 Å². The molecular formula is C17H20O4. The first-order chi connectivity index (χ1) is 10.1. The van der Waals surface area contributed by atoms with Crippen molar-refractivity contribution < 1.29 is 19.4 Å².